The van der Waals surface area contributed by atoms with Crippen molar-refractivity contribution in [2.75, 3.05) is 26.2 Å². The van der Waals surface area contributed by atoms with E-state index in [1.165, 1.54) is 33.7 Å². The fraction of sp³-hybridized carbons (Fsp3) is 0.500. The highest BCUT2D eigenvalue weighted by molar-refractivity contribution is 7.12. The molecule has 2 aromatic rings. The lowest BCUT2D eigenvalue weighted by atomic mass is 9.80. The summed E-state index contributed by atoms with van der Waals surface area (Å²) in [6.45, 7) is 12.9. The summed E-state index contributed by atoms with van der Waals surface area (Å²) in [5, 5.41) is 0. The number of carbonyl (C=O) groups is 2. The van der Waals surface area contributed by atoms with E-state index in [0.717, 1.165) is 54.8 Å². The van der Waals surface area contributed by atoms with E-state index in [2.05, 4.69) is 55.2 Å². The van der Waals surface area contributed by atoms with E-state index in [1.807, 2.05) is 30.1 Å². The molecule has 3 aliphatic rings. The van der Waals surface area contributed by atoms with Crippen molar-refractivity contribution in [3.05, 3.63) is 79.6 Å². The zero-order chi connectivity index (χ0) is 26.1. The number of nitrogens with zero attached hydrogens (tertiary/aromatic N) is 2. The summed E-state index contributed by atoms with van der Waals surface area (Å²) in [6.07, 6.45) is 7.03. The first-order chi connectivity index (χ1) is 17.9. The molecule has 1 aliphatic carbocycles. The molecule has 37 heavy (non-hydrogen) atoms. The van der Waals surface area contributed by atoms with Crippen LogP contribution in [0.2, 0.25) is 0 Å². The third kappa shape index (κ3) is 5.39. The van der Waals surface area contributed by atoms with Crippen molar-refractivity contribution in [1.82, 2.24) is 9.80 Å². The minimum atomic E-state index is 0.119. The Morgan fingerprint density at radius 3 is 2.41 bits per heavy atom. The Kier molecular flexibility index (Phi) is 7.83. The summed E-state index contributed by atoms with van der Waals surface area (Å²) in [5.74, 6) is 1.48. The van der Waals surface area contributed by atoms with Crippen LogP contribution in [0.5, 0.6) is 0 Å². The van der Waals surface area contributed by atoms with Crippen molar-refractivity contribution in [3.63, 3.8) is 0 Å². The van der Waals surface area contributed by atoms with E-state index in [-0.39, 0.29) is 11.7 Å². The zero-order valence-electron chi connectivity index (χ0n) is 22.8. The topological polar surface area (TPSA) is 40.6 Å². The standard InChI is InChI=1S/C32H40N2O2S/c1-5-26(25-11-14-33(15-12-25)19-24-9-7-6-8-10-24)31-23(4)30-29(37-31)13-16-34(32(30)36)20-27-22(3)17-21(2)18-28(27)35/h6-10,17,25-26H,5,11-16,18-20H2,1-4H3/t26-/m1/s1. The molecule has 0 unspecified atom stereocenters. The first-order valence-corrected chi connectivity index (χ1v) is 14.7. The lowest BCUT2D eigenvalue weighted by Crippen LogP contribution is -2.40. The van der Waals surface area contributed by atoms with E-state index in [9.17, 15) is 9.59 Å². The second-order valence-corrected chi connectivity index (χ2v) is 12.4. The van der Waals surface area contributed by atoms with Crippen molar-refractivity contribution in [2.45, 2.75) is 72.3 Å². The number of Topliss-reactive ketones (excluding diaryl/α,β-unsaturated/α-hetero) is 1. The van der Waals surface area contributed by atoms with Crippen LogP contribution in [0, 0.1) is 12.8 Å². The number of likely N-dealkylation sites (tertiary alicyclic amines) is 1. The summed E-state index contributed by atoms with van der Waals surface area (Å²) in [4.78, 5) is 33.6. The Morgan fingerprint density at radius 2 is 1.73 bits per heavy atom. The van der Waals surface area contributed by atoms with Crippen molar-refractivity contribution in [1.29, 1.82) is 0 Å². The number of benzene rings is 1. The van der Waals surface area contributed by atoms with Gasteiger partial charge in [-0.3, -0.25) is 14.5 Å². The Labute approximate surface area is 226 Å². The average molecular weight is 517 g/mol. The summed E-state index contributed by atoms with van der Waals surface area (Å²) < 4.78 is 0. The van der Waals surface area contributed by atoms with Gasteiger partial charge in [0, 0.05) is 47.8 Å². The number of rotatable bonds is 7. The number of allylic oxidation sites excluding steroid dienone is 3. The molecule has 3 heterocycles. The maximum absolute atomic E-state index is 13.7. The Balaban J connectivity index is 1.29. The van der Waals surface area contributed by atoms with Crippen molar-refractivity contribution < 1.29 is 9.59 Å². The van der Waals surface area contributed by atoms with Crippen molar-refractivity contribution in [3.8, 4) is 0 Å². The minimum Gasteiger partial charge on any atom is -0.334 e. The molecule has 0 spiro atoms. The van der Waals surface area contributed by atoms with E-state index in [4.69, 9.17) is 0 Å². The van der Waals surface area contributed by atoms with Gasteiger partial charge < -0.3 is 4.90 Å². The fourth-order valence-electron chi connectivity index (χ4n) is 6.63. The minimum absolute atomic E-state index is 0.119. The second kappa shape index (κ2) is 11.1. The molecule has 0 saturated carbocycles. The van der Waals surface area contributed by atoms with Gasteiger partial charge in [0.25, 0.3) is 5.91 Å². The van der Waals surface area contributed by atoms with Gasteiger partial charge in [-0.1, -0.05) is 48.9 Å². The molecule has 2 aliphatic heterocycles. The molecule has 4 nitrogen and oxygen atoms in total. The van der Waals surface area contributed by atoms with Gasteiger partial charge in [0.2, 0.25) is 0 Å². The molecular weight excluding hydrogens is 476 g/mol. The van der Waals surface area contributed by atoms with E-state index in [1.54, 1.807) is 0 Å². The highest BCUT2D eigenvalue weighted by Crippen LogP contribution is 2.44. The molecule has 0 radical (unpaired) electrons. The summed E-state index contributed by atoms with van der Waals surface area (Å²) in [6, 6.07) is 10.8. The predicted molar refractivity (Wildman–Crippen MR) is 152 cm³/mol. The molecule has 196 valence electrons. The number of carbonyl (C=O) groups excluding carboxylic acids is 2. The molecular formula is C32H40N2O2S. The number of hydrogen-bond acceptors (Lipinski definition) is 4. The smallest absolute Gasteiger partial charge is 0.255 e. The van der Waals surface area contributed by atoms with Gasteiger partial charge in [-0.2, -0.15) is 0 Å². The van der Waals surface area contributed by atoms with Crippen molar-refractivity contribution in [2.24, 2.45) is 5.92 Å². The highest BCUT2D eigenvalue weighted by atomic mass is 32.1. The predicted octanol–water partition coefficient (Wildman–Crippen LogP) is 6.70. The van der Waals surface area contributed by atoms with Crippen LogP contribution in [0.1, 0.15) is 83.6 Å². The quantitative estimate of drug-likeness (QED) is 0.411. The summed E-state index contributed by atoms with van der Waals surface area (Å²) in [7, 11) is 0. The van der Waals surface area contributed by atoms with Crippen LogP contribution < -0.4 is 0 Å². The molecule has 5 rings (SSSR count). The monoisotopic (exact) mass is 516 g/mol. The number of hydrogen-bond donors (Lipinski definition) is 0. The molecule has 5 heteroatoms. The molecule has 1 saturated heterocycles. The third-order valence-electron chi connectivity index (χ3n) is 8.66. The van der Waals surface area contributed by atoms with Crippen LogP contribution in [0.4, 0.5) is 0 Å². The number of amides is 1. The van der Waals surface area contributed by atoms with Gasteiger partial charge in [0.05, 0.1) is 5.56 Å². The maximum Gasteiger partial charge on any atom is 0.255 e. The molecule has 1 atom stereocenters. The van der Waals surface area contributed by atoms with Gasteiger partial charge >= 0.3 is 0 Å². The zero-order valence-corrected chi connectivity index (χ0v) is 23.6. The highest BCUT2D eigenvalue weighted by Gasteiger charge is 2.35. The van der Waals surface area contributed by atoms with Gasteiger partial charge in [-0.05, 0) is 81.7 Å². The molecule has 1 aromatic carbocycles. The number of fused-ring (bicyclic) bond motifs is 1. The van der Waals surface area contributed by atoms with Gasteiger partial charge in [0.1, 0.15) is 0 Å². The van der Waals surface area contributed by atoms with Crippen LogP contribution in [0.15, 0.2) is 53.1 Å². The maximum atomic E-state index is 13.7. The van der Waals surface area contributed by atoms with E-state index >= 15 is 0 Å². The number of ketones is 1. The third-order valence-corrected chi connectivity index (χ3v) is 10.1. The summed E-state index contributed by atoms with van der Waals surface area (Å²) >= 11 is 1.90. The van der Waals surface area contributed by atoms with Crippen LogP contribution >= 0.6 is 11.3 Å². The SMILES string of the molecule is CC[C@@H](c1sc2c(c1C)C(=O)N(CC1=C(C)C=C(C)CC1=O)CC2)C1CCN(Cc2ccccc2)CC1. The molecule has 0 N–H and O–H groups in total. The van der Waals surface area contributed by atoms with Crippen LogP contribution in [-0.4, -0.2) is 47.7 Å². The van der Waals surface area contributed by atoms with Crippen LogP contribution in [0.25, 0.3) is 0 Å². The van der Waals surface area contributed by atoms with E-state index < -0.39 is 0 Å². The molecule has 1 aromatic heterocycles. The molecule has 1 fully saturated rings. The first kappa shape index (κ1) is 26.1. The largest absolute Gasteiger partial charge is 0.334 e. The lowest BCUT2D eigenvalue weighted by molar-refractivity contribution is -0.115. The van der Waals surface area contributed by atoms with Gasteiger partial charge in [0.15, 0.2) is 5.78 Å². The second-order valence-electron chi connectivity index (χ2n) is 11.2. The Morgan fingerprint density at radius 1 is 1.00 bits per heavy atom. The summed E-state index contributed by atoms with van der Waals surface area (Å²) in [5.41, 5.74) is 6.45. The van der Waals surface area contributed by atoms with Crippen molar-refractivity contribution >= 4 is 23.0 Å². The molecule has 0 bridgehead atoms. The lowest BCUT2D eigenvalue weighted by Gasteiger charge is -2.36. The number of piperidine rings is 1. The molecule has 1 amide bonds. The Bertz CT molecular complexity index is 1230. The van der Waals surface area contributed by atoms with Gasteiger partial charge in [-0.25, -0.2) is 0 Å². The Hall–Kier alpha value is -2.50. The number of thiophene rings is 1. The van der Waals surface area contributed by atoms with Crippen LogP contribution in [0.3, 0.4) is 0 Å². The normalized spacial score (nSPS) is 20.3. The first-order valence-electron chi connectivity index (χ1n) is 13.9. The van der Waals surface area contributed by atoms with Gasteiger partial charge in [-0.15, -0.1) is 11.3 Å². The van der Waals surface area contributed by atoms with Crippen LogP contribution in [-0.2, 0) is 17.8 Å². The fourth-order valence-corrected chi connectivity index (χ4v) is 8.20. The van der Waals surface area contributed by atoms with E-state index in [0.29, 0.717) is 31.3 Å². The average Bonchev–Trinajstić information content (AvgIpc) is 3.21.